The fourth-order valence-corrected chi connectivity index (χ4v) is 3.11. The highest BCUT2D eigenvalue weighted by Crippen LogP contribution is 2.37. The molecule has 1 rings (SSSR count). The van der Waals surface area contributed by atoms with Crippen molar-refractivity contribution in [2.75, 3.05) is 13.3 Å². The molecular weight excluding hydrogens is 187 g/mol. The largest absolute Gasteiger partial charge is 0.110 e. The summed E-state index contributed by atoms with van der Waals surface area (Å²) >= 11 is 0. The maximum Gasteiger partial charge on any atom is -0.0174 e. The molecule has 1 aromatic carbocycles. The van der Waals surface area contributed by atoms with Gasteiger partial charge in [0.25, 0.3) is 0 Å². The molecule has 0 saturated heterocycles. The van der Waals surface area contributed by atoms with Gasteiger partial charge in [-0.1, -0.05) is 43.7 Å². The quantitative estimate of drug-likeness (QED) is 0.638. The number of benzene rings is 1. The molecule has 0 N–H and O–H groups in total. The van der Waals surface area contributed by atoms with E-state index < -0.39 is 0 Å². The second-order valence-electron chi connectivity index (χ2n) is 4.10. The molecule has 1 unspecified atom stereocenters. The molecule has 0 bridgehead atoms. The van der Waals surface area contributed by atoms with Crippen molar-refractivity contribution in [1.29, 1.82) is 0 Å². The molecular formula is C13H21P. The molecule has 0 nitrogen and oxygen atoms in total. The van der Waals surface area contributed by atoms with E-state index in [1.807, 2.05) is 0 Å². The maximum atomic E-state index is 2.40. The van der Waals surface area contributed by atoms with Gasteiger partial charge in [0.1, 0.15) is 0 Å². The molecule has 0 amide bonds. The Balaban J connectivity index is 2.55. The summed E-state index contributed by atoms with van der Waals surface area (Å²) in [6.07, 6.45) is 3.97. The summed E-state index contributed by atoms with van der Waals surface area (Å²) in [4.78, 5) is 0. The summed E-state index contributed by atoms with van der Waals surface area (Å²) in [6, 6.07) is 10.9. The lowest BCUT2D eigenvalue weighted by atomic mass is 10.1. The van der Waals surface area contributed by atoms with Gasteiger partial charge >= 0.3 is 0 Å². The van der Waals surface area contributed by atoms with Crippen LogP contribution in [0.5, 0.6) is 0 Å². The molecule has 0 spiro atoms. The highest BCUT2D eigenvalue weighted by molar-refractivity contribution is 7.56. The van der Waals surface area contributed by atoms with Crippen molar-refractivity contribution in [3.8, 4) is 0 Å². The Morgan fingerprint density at radius 3 is 2.29 bits per heavy atom. The van der Waals surface area contributed by atoms with Crippen molar-refractivity contribution in [3.05, 3.63) is 35.9 Å². The zero-order valence-corrected chi connectivity index (χ0v) is 10.4. The fourth-order valence-electron chi connectivity index (χ4n) is 1.76. The van der Waals surface area contributed by atoms with E-state index in [4.69, 9.17) is 0 Å². The highest BCUT2D eigenvalue weighted by atomic mass is 31.1. The maximum absolute atomic E-state index is 2.40. The first-order valence-corrected chi connectivity index (χ1v) is 7.75. The normalized spacial score (nSPS) is 13.1. The van der Waals surface area contributed by atoms with Crippen LogP contribution in [-0.2, 0) is 6.42 Å². The topological polar surface area (TPSA) is 0 Å². The van der Waals surface area contributed by atoms with Crippen LogP contribution in [0.15, 0.2) is 30.3 Å². The first-order valence-electron chi connectivity index (χ1n) is 5.44. The lowest BCUT2D eigenvalue weighted by Crippen LogP contribution is -2.08. The van der Waals surface area contributed by atoms with E-state index in [1.54, 1.807) is 0 Å². The highest BCUT2D eigenvalue weighted by Gasteiger charge is 2.11. The van der Waals surface area contributed by atoms with E-state index in [0.717, 1.165) is 5.66 Å². The molecule has 1 heteroatoms. The molecule has 1 aromatic rings. The summed E-state index contributed by atoms with van der Waals surface area (Å²) in [5, 5.41) is 0. The van der Waals surface area contributed by atoms with Crippen molar-refractivity contribution in [1.82, 2.24) is 0 Å². The minimum absolute atomic E-state index is 0.207. The van der Waals surface area contributed by atoms with E-state index in [2.05, 4.69) is 50.6 Å². The molecule has 0 heterocycles. The fraction of sp³-hybridized carbons (Fsp3) is 0.538. The second-order valence-corrected chi connectivity index (χ2v) is 6.75. The van der Waals surface area contributed by atoms with Crippen LogP contribution >= 0.6 is 7.92 Å². The smallest absolute Gasteiger partial charge is 0.0174 e. The van der Waals surface area contributed by atoms with Crippen molar-refractivity contribution >= 4 is 7.92 Å². The van der Waals surface area contributed by atoms with Gasteiger partial charge in [0.15, 0.2) is 0 Å². The summed E-state index contributed by atoms with van der Waals surface area (Å²) in [5.41, 5.74) is 2.42. The van der Waals surface area contributed by atoms with E-state index in [9.17, 15) is 0 Å². The Kier molecular flexibility index (Phi) is 5.19. The van der Waals surface area contributed by atoms with Gasteiger partial charge < -0.3 is 0 Å². The van der Waals surface area contributed by atoms with Crippen LogP contribution in [0.2, 0.25) is 0 Å². The van der Waals surface area contributed by atoms with Crippen LogP contribution in [0.1, 0.15) is 25.3 Å². The minimum atomic E-state index is 0.207. The Labute approximate surface area is 89.5 Å². The summed E-state index contributed by atoms with van der Waals surface area (Å²) in [5.74, 6) is 0. The van der Waals surface area contributed by atoms with E-state index >= 15 is 0 Å². The van der Waals surface area contributed by atoms with Gasteiger partial charge in [0, 0.05) is 0 Å². The van der Waals surface area contributed by atoms with Crippen molar-refractivity contribution in [3.63, 3.8) is 0 Å². The molecule has 0 fully saturated rings. The average Bonchev–Trinajstić information content (AvgIpc) is 2.18. The van der Waals surface area contributed by atoms with E-state index in [-0.39, 0.29) is 7.92 Å². The van der Waals surface area contributed by atoms with Crippen LogP contribution < -0.4 is 0 Å². The number of hydrogen-bond donors (Lipinski definition) is 0. The predicted octanol–water partition coefficient (Wildman–Crippen LogP) is 4.14. The third-order valence-electron chi connectivity index (χ3n) is 2.67. The Bertz CT molecular complexity index is 241. The Hall–Kier alpha value is -0.350. The summed E-state index contributed by atoms with van der Waals surface area (Å²) < 4.78 is 0. The molecule has 0 aromatic heterocycles. The van der Waals surface area contributed by atoms with E-state index in [1.165, 1.54) is 24.8 Å². The first kappa shape index (κ1) is 11.7. The summed E-state index contributed by atoms with van der Waals surface area (Å²) in [6.45, 7) is 7.09. The molecule has 0 aliphatic rings. The standard InChI is InChI=1S/C13H21P/c1-4-8-13(14(2)3)11-12-9-6-5-7-10-12/h5-7,9-10,13H,4,8,11H2,1-3H3. The van der Waals surface area contributed by atoms with Crippen molar-refractivity contribution < 1.29 is 0 Å². The first-order chi connectivity index (χ1) is 6.74. The monoisotopic (exact) mass is 208 g/mol. The minimum Gasteiger partial charge on any atom is -0.110 e. The second kappa shape index (κ2) is 6.19. The van der Waals surface area contributed by atoms with Gasteiger partial charge in [-0.05, 0) is 37.4 Å². The van der Waals surface area contributed by atoms with E-state index in [0.29, 0.717) is 0 Å². The van der Waals surface area contributed by atoms with Gasteiger partial charge in [-0.3, -0.25) is 0 Å². The Morgan fingerprint density at radius 1 is 1.14 bits per heavy atom. The summed E-state index contributed by atoms with van der Waals surface area (Å²) in [7, 11) is 0.207. The van der Waals surface area contributed by atoms with Gasteiger partial charge in [0.2, 0.25) is 0 Å². The molecule has 0 aliphatic carbocycles. The Morgan fingerprint density at radius 2 is 1.79 bits per heavy atom. The lowest BCUT2D eigenvalue weighted by molar-refractivity contribution is 0.727. The number of rotatable bonds is 5. The van der Waals surface area contributed by atoms with Crippen LogP contribution in [0, 0.1) is 0 Å². The molecule has 0 aliphatic heterocycles. The lowest BCUT2D eigenvalue weighted by Gasteiger charge is -2.20. The molecule has 78 valence electrons. The van der Waals surface area contributed by atoms with Gasteiger partial charge in [0.05, 0.1) is 0 Å². The predicted molar refractivity (Wildman–Crippen MR) is 67.6 cm³/mol. The third kappa shape index (κ3) is 3.80. The van der Waals surface area contributed by atoms with Crippen LogP contribution in [0.25, 0.3) is 0 Å². The number of hydrogen-bond acceptors (Lipinski definition) is 0. The van der Waals surface area contributed by atoms with Gasteiger partial charge in [-0.25, -0.2) is 0 Å². The zero-order valence-electron chi connectivity index (χ0n) is 9.53. The van der Waals surface area contributed by atoms with Crippen LogP contribution in [-0.4, -0.2) is 19.0 Å². The van der Waals surface area contributed by atoms with Gasteiger partial charge in [-0.2, -0.15) is 0 Å². The average molecular weight is 208 g/mol. The van der Waals surface area contributed by atoms with Crippen molar-refractivity contribution in [2.24, 2.45) is 0 Å². The third-order valence-corrected chi connectivity index (χ3v) is 4.57. The molecule has 1 atom stereocenters. The van der Waals surface area contributed by atoms with Crippen molar-refractivity contribution in [2.45, 2.75) is 31.8 Å². The molecule has 0 saturated carbocycles. The van der Waals surface area contributed by atoms with Crippen LogP contribution in [0.4, 0.5) is 0 Å². The van der Waals surface area contributed by atoms with Gasteiger partial charge in [-0.15, -0.1) is 7.92 Å². The molecule has 14 heavy (non-hydrogen) atoms. The zero-order chi connectivity index (χ0) is 10.4. The molecule has 0 radical (unpaired) electrons. The SMILES string of the molecule is CCCC(Cc1ccccc1)P(C)C. The van der Waals surface area contributed by atoms with Crippen LogP contribution in [0.3, 0.4) is 0 Å².